The zero-order chi connectivity index (χ0) is 10.2. The number of β-amino-alcohol motifs (C(OH)–C–C–N with tert-alkyl or cyclic N) is 1. The van der Waals surface area contributed by atoms with E-state index in [4.69, 9.17) is 0 Å². The largest absolute Gasteiger partial charge is 0.386 e. The van der Waals surface area contributed by atoms with Crippen molar-refractivity contribution in [2.45, 2.75) is 25.9 Å². The fraction of sp³-hybridized carbons (Fsp3) is 0.500. The number of nitrogens with zero attached hydrogens (tertiary/aromatic N) is 1. The molecular formula is C12H17NO. The first-order valence-electron chi connectivity index (χ1n) is 5.17. The molecule has 0 aromatic heterocycles. The first-order chi connectivity index (χ1) is 6.61. The van der Waals surface area contributed by atoms with E-state index < -0.39 is 5.60 Å². The topological polar surface area (TPSA) is 23.5 Å². The maximum Gasteiger partial charge on any atom is 0.0967 e. The molecule has 0 saturated carbocycles. The first kappa shape index (κ1) is 9.53. The lowest BCUT2D eigenvalue weighted by Gasteiger charge is -2.45. The third-order valence-corrected chi connectivity index (χ3v) is 2.77. The Morgan fingerprint density at radius 1 is 1.29 bits per heavy atom. The monoisotopic (exact) mass is 191 g/mol. The third-order valence-electron chi connectivity index (χ3n) is 2.77. The summed E-state index contributed by atoms with van der Waals surface area (Å²) < 4.78 is 0. The SMILES string of the molecule is CCc1ccc(N2CC(C)(O)C2)cc1. The summed E-state index contributed by atoms with van der Waals surface area (Å²) in [7, 11) is 0. The van der Waals surface area contributed by atoms with Gasteiger partial charge in [-0.05, 0) is 31.0 Å². The van der Waals surface area contributed by atoms with Crippen LogP contribution >= 0.6 is 0 Å². The number of rotatable bonds is 2. The summed E-state index contributed by atoms with van der Waals surface area (Å²) in [4.78, 5) is 2.19. The van der Waals surface area contributed by atoms with Crippen molar-refractivity contribution in [3.05, 3.63) is 29.8 Å². The van der Waals surface area contributed by atoms with E-state index in [-0.39, 0.29) is 0 Å². The molecule has 2 heteroatoms. The van der Waals surface area contributed by atoms with Crippen molar-refractivity contribution in [2.24, 2.45) is 0 Å². The fourth-order valence-corrected chi connectivity index (χ4v) is 1.90. The summed E-state index contributed by atoms with van der Waals surface area (Å²) in [5, 5.41) is 9.60. The van der Waals surface area contributed by atoms with Crippen LogP contribution in [0.2, 0.25) is 0 Å². The highest BCUT2D eigenvalue weighted by Crippen LogP contribution is 2.27. The van der Waals surface area contributed by atoms with Crippen LogP contribution in [0, 0.1) is 0 Å². The van der Waals surface area contributed by atoms with Gasteiger partial charge in [-0.1, -0.05) is 19.1 Å². The van der Waals surface area contributed by atoms with E-state index in [1.165, 1.54) is 11.3 Å². The van der Waals surface area contributed by atoms with Crippen molar-refractivity contribution in [2.75, 3.05) is 18.0 Å². The van der Waals surface area contributed by atoms with Crippen LogP contribution in [-0.2, 0) is 6.42 Å². The Morgan fingerprint density at radius 3 is 2.29 bits per heavy atom. The van der Waals surface area contributed by atoms with Crippen molar-refractivity contribution in [3.63, 3.8) is 0 Å². The number of hydrogen-bond donors (Lipinski definition) is 1. The predicted molar refractivity (Wildman–Crippen MR) is 58.7 cm³/mol. The molecule has 1 heterocycles. The van der Waals surface area contributed by atoms with E-state index in [0.717, 1.165) is 19.5 Å². The summed E-state index contributed by atoms with van der Waals surface area (Å²) >= 11 is 0. The maximum atomic E-state index is 9.60. The second-order valence-corrected chi connectivity index (χ2v) is 4.37. The quantitative estimate of drug-likeness (QED) is 0.770. The maximum absolute atomic E-state index is 9.60. The first-order valence-corrected chi connectivity index (χ1v) is 5.17. The minimum Gasteiger partial charge on any atom is -0.386 e. The minimum atomic E-state index is -0.483. The molecule has 0 atom stereocenters. The van der Waals surface area contributed by atoms with Gasteiger partial charge >= 0.3 is 0 Å². The predicted octanol–water partition coefficient (Wildman–Crippen LogP) is 1.82. The number of aryl methyl sites for hydroxylation is 1. The number of aliphatic hydroxyl groups is 1. The van der Waals surface area contributed by atoms with Gasteiger partial charge in [-0.25, -0.2) is 0 Å². The molecule has 0 amide bonds. The van der Waals surface area contributed by atoms with E-state index in [1.54, 1.807) is 0 Å². The van der Waals surface area contributed by atoms with Gasteiger partial charge < -0.3 is 10.0 Å². The van der Waals surface area contributed by atoms with Crippen molar-refractivity contribution in [1.82, 2.24) is 0 Å². The second-order valence-electron chi connectivity index (χ2n) is 4.37. The summed E-state index contributed by atoms with van der Waals surface area (Å²) in [5.41, 5.74) is 2.10. The third kappa shape index (κ3) is 1.75. The van der Waals surface area contributed by atoms with Gasteiger partial charge in [0.2, 0.25) is 0 Å². The molecule has 2 nitrogen and oxygen atoms in total. The van der Waals surface area contributed by atoms with Crippen LogP contribution in [0.15, 0.2) is 24.3 Å². The normalized spacial score (nSPS) is 19.2. The Hall–Kier alpha value is -1.02. The fourth-order valence-electron chi connectivity index (χ4n) is 1.90. The molecule has 0 bridgehead atoms. The van der Waals surface area contributed by atoms with Gasteiger partial charge in [0.05, 0.1) is 5.60 Å². The second kappa shape index (κ2) is 3.28. The zero-order valence-corrected chi connectivity index (χ0v) is 8.83. The molecule has 1 aliphatic rings. The molecule has 2 rings (SSSR count). The van der Waals surface area contributed by atoms with E-state index in [2.05, 4.69) is 36.1 Å². The summed E-state index contributed by atoms with van der Waals surface area (Å²) in [6.07, 6.45) is 1.08. The molecule has 76 valence electrons. The molecule has 14 heavy (non-hydrogen) atoms. The van der Waals surface area contributed by atoms with E-state index in [0.29, 0.717) is 0 Å². The Balaban J connectivity index is 2.05. The molecule has 1 aromatic carbocycles. The molecule has 0 aliphatic carbocycles. The molecule has 1 fully saturated rings. The van der Waals surface area contributed by atoms with Crippen molar-refractivity contribution in [3.8, 4) is 0 Å². The van der Waals surface area contributed by atoms with Crippen LogP contribution in [0.5, 0.6) is 0 Å². The molecule has 0 radical (unpaired) electrons. The van der Waals surface area contributed by atoms with Gasteiger partial charge in [-0.15, -0.1) is 0 Å². The van der Waals surface area contributed by atoms with E-state index >= 15 is 0 Å². The lowest BCUT2D eigenvalue weighted by molar-refractivity contribution is 0.0310. The lowest BCUT2D eigenvalue weighted by Crippen LogP contribution is -2.60. The number of anilines is 1. The van der Waals surface area contributed by atoms with Crippen LogP contribution < -0.4 is 4.90 Å². The Morgan fingerprint density at radius 2 is 1.86 bits per heavy atom. The Bertz CT molecular complexity index is 308. The molecule has 0 unspecified atom stereocenters. The van der Waals surface area contributed by atoms with Gasteiger partial charge in [0, 0.05) is 18.8 Å². The minimum absolute atomic E-state index is 0.483. The highest BCUT2D eigenvalue weighted by molar-refractivity contribution is 5.51. The molecular weight excluding hydrogens is 174 g/mol. The highest BCUT2D eigenvalue weighted by atomic mass is 16.3. The van der Waals surface area contributed by atoms with Crippen molar-refractivity contribution in [1.29, 1.82) is 0 Å². The molecule has 1 saturated heterocycles. The van der Waals surface area contributed by atoms with Gasteiger partial charge in [0.1, 0.15) is 0 Å². The number of benzene rings is 1. The average molecular weight is 191 g/mol. The summed E-state index contributed by atoms with van der Waals surface area (Å²) in [6.45, 7) is 5.53. The molecule has 0 spiro atoms. The van der Waals surface area contributed by atoms with Crippen LogP contribution in [0.4, 0.5) is 5.69 Å². The smallest absolute Gasteiger partial charge is 0.0967 e. The van der Waals surface area contributed by atoms with Gasteiger partial charge in [0.15, 0.2) is 0 Å². The average Bonchev–Trinajstić information content (AvgIpc) is 2.14. The van der Waals surface area contributed by atoms with E-state index in [9.17, 15) is 5.11 Å². The van der Waals surface area contributed by atoms with Crippen LogP contribution in [0.1, 0.15) is 19.4 Å². The van der Waals surface area contributed by atoms with Crippen molar-refractivity contribution < 1.29 is 5.11 Å². The Kier molecular flexibility index (Phi) is 2.23. The van der Waals surface area contributed by atoms with Crippen molar-refractivity contribution >= 4 is 5.69 Å². The summed E-state index contributed by atoms with van der Waals surface area (Å²) in [6, 6.07) is 8.58. The Labute approximate surface area is 85.2 Å². The van der Waals surface area contributed by atoms with E-state index in [1.807, 2.05) is 6.92 Å². The van der Waals surface area contributed by atoms with Gasteiger partial charge in [0.25, 0.3) is 0 Å². The van der Waals surface area contributed by atoms with Crippen LogP contribution in [0.25, 0.3) is 0 Å². The van der Waals surface area contributed by atoms with Crippen LogP contribution in [0.3, 0.4) is 0 Å². The molecule has 1 aromatic rings. The highest BCUT2D eigenvalue weighted by Gasteiger charge is 2.36. The number of hydrogen-bond acceptors (Lipinski definition) is 2. The van der Waals surface area contributed by atoms with Gasteiger partial charge in [-0.2, -0.15) is 0 Å². The molecule has 1 N–H and O–H groups in total. The summed E-state index contributed by atoms with van der Waals surface area (Å²) in [5.74, 6) is 0. The lowest BCUT2D eigenvalue weighted by atomic mass is 9.96. The van der Waals surface area contributed by atoms with Gasteiger partial charge in [-0.3, -0.25) is 0 Å². The van der Waals surface area contributed by atoms with Crippen LogP contribution in [-0.4, -0.2) is 23.8 Å². The standard InChI is InChI=1S/C12H17NO/c1-3-10-4-6-11(7-5-10)13-8-12(2,14)9-13/h4-7,14H,3,8-9H2,1-2H3. The molecule has 1 aliphatic heterocycles. The zero-order valence-electron chi connectivity index (χ0n) is 8.83.